The Kier molecular flexibility index (Phi) is 5.99. The lowest BCUT2D eigenvalue weighted by molar-refractivity contribution is -0.117. The number of fused-ring (bicyclic) bond motifs is 3. The number of hydrogen-bond donors (Lipinski definition) is 2. The van der Waals surface area contributed by atoms with E-state index in [1.54, 1.807) is 0 Å². The number of carbonyl (C=O) groups excluding carboxylic acids is 1. The highest BCUT2D eigenvalue weighted by atomic mass is 16.3. The average Bonchev–Trinajstić information content (AvgIpc) is 2.84. The number of aliphatic hydroxyl groups is 1. The lowest BCUT2D eigenvalue weighted by Crippen LogP contribution is -2.21. The van der Waals surface area contributed by atoms with Crippen molar-refractivity contribution in [1.82, 2.24) is 9.97 Å². The van der Waals surface area contributed by atoms with Crippen molar-refractivity contribution in [3.05, 3.63) is 65.4 Å². The largest absolute Gasteiger partial charge is 0.392 e. The quantitative estimate of drug-likeness (QED) is 0.579. The Morgan fingerprint density at radius 2 is 1.78 bits per heavy atom. The molecule has 1 saturated carbocycles. The van der Waals surface area contributed by atoms with Gasteiger partial charge in [0.05, 0.1) is 18.0 Å². The molecule has 2 aliphatic carbocycles. The second kappa shape index (κ2) is 9.21. The van der Waals surface area contributed by atoms with Crippen LogP contribution in [0.2, 0.25) is 0 Å². The molecule has 1 aromatic heterocycles. The molecule has 1 heterocycles. The van der Waals surface area contributed by atoms with Gasteiger partial charge in [-0.3, -0.25) is 4.79 Å². The van der Waals surface area contributed by atoms with E-state index in [0.717, 1.165) is 53.8 Å². The first kappa shape index (κ1) is 20.8. The number of benzene rings is 2. The van der Waals surface area contributed by atoms with Gasteiger partial charge in [0.15, 0.2) is 5.82 Å². The smallest absolute Gasteiger partial charge is 0.225 e. The van der Waals surface area contributed by atoms with Gasteiger partial charge in [-0.2, -0.15) is 0 Å². The number of rotatable bonds is 5. The van der Waals surface area contributed by atoms with E-state index in [1.807, 2.05) is 42.5 Å². The fourth-order valence-electron chi connectivity index (χ4n) is 5.02. The molecule has 3 aromatic rings. The molecule has 0 bridgehead atoms. The van der Waals surface area contributed by atoms with Crippen LogP contribution in [0.3, 0.4) is 0 Å². The van der Waals surface area contributed by atoms with Crippen molar-refractivity contribution < 1.29 is 9.90 Å². The Hall–Kier alpha value is -3.05. The number of amides is 1. The van der Waals surface area contributed by atoms with Crippen LogP contribution in [0.15, 0.2) is 48.5 Å². The number of nitrogens with zero attached hydrogens (tertiary/aromatic N) is 2. The number of aromatic nitrogens is 2. The molecule has 0 aliphatic heterocycles. The minimum atomic E-state index is 0.0344. The van der Waals surface area contributed by atoms with E-state index >= 15 is 0 Å². The Balaban J connectivity index is 1.51. The molecule has 5 rings (SSSR count). The number of aryl methyl sites for hydroxylation is 2. The zero-order valence-electron chi connectivity index (χ0n) is 18.3. The first-order valence-corrected chi connectivity index (χ1v) is 11.7. The minimum Gasteiger partial charge on any atom is -0.392 e. The molecule has 1 fully saturated rings. The Bertz CT molecular complexity index is 1120. The summed E-state index contributed by atoms with van der Waals surface area (Å²) in [5.41, 5.74) is 6.60. The van der Waals surface area contributed by atoms with Crippen LogP contribution in [0, 0.1) is 5.92 Å². The normalized spacial score (nSPS) is 15.7. The van der Waals surface area contributed by atoms with Crippen molar-refractivity contribution in [3.8, 4) is 22.5 Å². The summed E-state index contributed by atoms with van der Waals surface area (Å²) in [6, 6.07) is 16.0. The molecule has 2 aromatic carbocycles. The summed E-state index contributed by atoms with van der Waals surface area (Å²) in [5.74, 6) is 1.07. The standard InChI is InChI=1S/C27H29N3O2/c31-17-19-11-13-22-21(15-19)12-14-23-26(22)30-25(20-9-5-2-6-10-20)27(28-23)29-24(32)16-18-7-3-1-4-8-18/h2,5-6,9-11,13,15,18,31H,1,3-4,7-8,12,14,16-17H2,(H,28,29,32). The summed E-state index contributed by atoms with van der Waals surface area (Å²) in [6.45, 7) is 0.0348. The van der Waals surface area contributed by atoms with E-state index in [2.05, 4.69) is 11.4 Å². The molecule has 5 heteroatoms. The highest BCUT2D eigenvalue weighted by molar-refractivity contribution is 5.94. The van der Waals surface area contributed by atoms with E-state index in [4.69, 9.17) is 9.97 Å². The summed E-state index contributed by atoms with van der Waals surface area (Å²) in [7, 11) is 0. The number of anilines is 1. The van der Waals surface area contributed by atoms with Gasteiger partial charge in [-0.1, -0.05) is 67.8 Å². The van der Waals surface area contributed by atoms with Gasteiger partial charge in [0.25, 0.3) is 0 Å². The van der Waals surface area contributed by atoms with Crippen LogP contribution in [0.5, 0.6) is 0 Å². The lowest BCUT2D eigenvalue weighted by Gasteiger charge is -2.23. The molecule has 164 valence electrons. The summed E-state index contributed by atoms with van der Waals surface area (Å²) >= 11 is 0. The fraction of sp³-hybridized carbons (Fsp3) is 0.370. The first-order valence-electron chi connectivity index (χ1n) is 11.7. The highest BCUT2D eigenvalue weighted by Crippen LogP contribution is 2.36. The topological polar surface area (TPSA) is 75.1 Å². The number of carbonyl (C=O) groups is 1. The van der Waals surface area contributed by atoms with Crippen molar-refractivity contribution in [2.75, 3.05) is 5.32 Å². The molecule has 5 nitrogen and oxygen atoms in total. The van der Waals surface area contributed by atoms with Crippen molar-refractivity contribution in [3.63, 3.8) is 0 Å². The van der Waals surface area contributed by atoms with E-state index < -0.39 is 0 Å². The molecule has 2 aliphatic rings. The van der Waals surface area contributed by atoms with Crippen LogP contribution < -0.4 is 5.32 Å². The van der Waals surface area contributed by atoms with Crippen LogP contribution in [0.4, 0.5) is 5.82 Å². The monoisotopic (exact) mass is 427 g/mol. The Labute approximate surface area is 188 Å². The third-order valence-electron chi connectivity index (χ3n) is 6.71. The van der Waals surface area contributed by atoms with Gasteiger partial charge < -0.3 is 10.4 Å². The van der Waals surface area contributed by atoms with Gasteiger partial charge in [0.2, 0.25) is 5.91 Å². The van der Waals surface area contributed by atoms with Gasteiger partial charge in [-0.05, 0) is 42.7 Å². The molecule has 0 radical (unpaired) electrons. The van der Waals surface area contributed by atoms with E-state index in [9.17, 15) is 9.90 Å². The maximum absolute atomic E-state index is 12.9. The van der Waals surface area contributed by atoms with Crippen LogP contribution in [0.1, 0.15) is 55.3 Å². The van der Waals surface area contributed by atoms with Crippen molar-refractivity contribution in [2.24, 2.45) is 5.92 Å². The molecule has 32 heavy (non-hydrogen) atoms. The maximum Gasteiger partial charge on any atom is 0.225 e. The second-order valence-electron chi connectivity index (χ2n) is 8.99. The zero-order valence-corrected chi connectivity index (χ0v) is 18.3. The first-order chi connectivity index (χ1) is 15.7. The maximum atomic E-state index is 12.9. The molecule has 2 N–H and O–H groups in total. The van der Waals surface area contributed by atoms with Crippen LogP contribution in [-0.4, -0.2) is 21.0 Å². The van der Waals surface area contributed by atoms with E-state index in [1.165, 1.54) is 24.8 Å². The SMILES string of the molecule is O=C(CC1CCCCC1)Nc1nc2c(nc1-c1ccccc1)-c1ccc(CO)cc1CC2. The molecule has 0 spiro atoms. The Morgan fingerprint density at radius 1 is 0.969 bits per heavy atom. The van der Waals surface area contributed by atoms with Crippen LogP contribution >= 0.6 is 0 Å². The van der Waals surface area contributed by atoms with Crippen molar-refractivity contribution >= 4 is 11.7 Å². The summed E-state index contributed by atoms with van der Waals surface area (Å²) in [6.07, 6.45) is 8.19. The number of hydrogen-bond acceptors (Lipinski definition) is 4. The van der Waals surface area contributed by atoms with Crippen molar-refractivity contribution in [2.45, 2.75) is 58.0 Å². The van der Waals surface area contributed by atoms with E-state index in [-0.39, 0.29) is 12.5 Å². The molecule has 0 unspecified atom stereocenters. The van der Waals surface area contributed by atoms with Gasteiger partial charge in [-0.15, -0.1) is 0 Å². The second-order valence-corrected chi connectivity index (χ2v) is 8.99. The molecular weight excluding hydrogens is 398 g/mol. The van der Waals surface area contributed by atoms with Gasteiger partial charge in [0.1, 0.15) is 5.69 Å². The minimum absolute atomic E-state index is 0.0344. The average molecular weight is 428 g/mol. The lowest BCUT2D eigenvalue weighted by atomic mass is 9.87. The molecule has 0 saturated heterocycles. The number of nitrogens with one attached hydrogen (secondary N) is 1. The summed E-state index contributed by atoms with van der Waals surface area (Å²) < 4.78 is 0. The van der Waals surface area contributed by atoms with Crippen molar-refractivity contribution in [1.29, 1.82) is 0 Å². The summed E-state index contributed by atoms with van der Waals surface area (Å²) in [4.78, 5) is 22.9. The predicted molar refractivity (Wildman–Crippen MR) is 126 cm³/mol. The summed E-state index contributed by atoms with van der Waals surface area (Å²) in [5, 5.41) is 12.6. The highest BCUT2D eigenvalue weighted by Gasteiger charge is 2.24. The Morgan fingerprint density at radius 3 is 2.56 bits per heavy atom. The van der Waals surface area contributed by atoms with Gasteiger partial charge in [-0.25, -0.2) is 9.97 Å². The fourth-order valence-corrected chi connectivity index (χ4v) is 5.02. The van der Waals surface area contributed by atoms with Gasteiger partial charge in [0, 0.05) is 17.5 Å². The zero-order chi connectivity index (χ0) is 21.9. The van der Waals surface area contributed by atoms with Crippen LogP contribution in [-0.2, 0) is 24.2 Å². The predicted octanol–water partition coefficient (Wildman–Crippen LogP) is 5.31. The van der Waals surface area contributed by atoms with E-state index in [0.29, 0.717) is 23.9 Å². The molecule has 0 atom stereocenters. The van der Waals surface area contributed by atoms with Crippen LogP contribution in [0.25, 0.3) is 22.5 Å². The van der Waals surface area contributed by atoms with Gasteiger partial charge >= 0.3 is 0 Å². The third kappa shape index (κ3) is 4.30. The number of aliphatic hydroxyl groups excluding tert-OH is 1. The molecule has 1 amide bonds. The molecular formula is C27H29N3O2. The third-order valence-corrected chi connectivity index (χ3v) is 6.71.